The van der Waals surface area contributed by atoms with E-state index in [-0.39, 0.29) is 5.75 Å². The molecule has 0 saturated carbocycles. The fourth-order valence-electron chi connectivity index (χ4n) is 3.95. The highest BCUT2D eigenvalue weighted by Crippen LogP contribution is 2.15. The van der Waals surface area contributed by atoms with Gasteiger partial charge in [-0.05, 0) is 12.0 Å². The van der Waals surface area contributed by atoms with Crippen LogP contribution >= 0.6 is 0 Å². The Morgan fingerprint density at radius 1 is 0.552 bits per heavy atom. The van der Waals surface area contributed by atoms with Crippen molar-refractivity contribution in [1.29, 1.82) is 0 Å². The van der Waals surface area contributed by atoms with Crippen molar-refractivity contribution in [2.75, 3.05) is 5.75 Å². The Hall–Kier alpha value is -0.830. The van der Waals surface area contributed by atoms with Crippen molar-refractivity contribution in [2.24, 2.45) is 0 Å². The van der Waals surface area contributed by atoms with Gasteiger partial charge in [0.1, 0.15) is 0 Å². The summed E-state index contributed by atoms with van der Waals surface area (Å²) in [7, 11) is -2.96. The van der Waals surface area contributed by atoms with Crippen molar-refractivity contribution in [2.45, 2.75) is 122 Å². The molecule has 0 unspecified atom stereocenters. The summed E-state index contributed by atoms with van der Waals surface area (Å²) in [6, 6.07) is 9.52. The molecule has 0 amide bonds. The second-order valence-electron chi connectivity index (χ2n) is 8.73. The molecule has 1 rings (SSSR count). The van der Waals surface area contributed by atoms with E-state index in [1.807, 2.05) is 30.3 Å². The Morgan fingerprint density at radius 3 is 1.34 bits per heavy atom. The molecule has 0 aliphatic rings. The monoisotopic (exact) mass is 422 g/mol. The summed E-state index contributed by atoms with van der Waals surface area (Å²) in [5, 5.41) is 0. The number of rotatable bonds is 20. The first kappa shape index (κ1) is 26.2. The van der Waals surface area contributed by atoms with Crippen LogP contribution in [0.1, 0.15) is 122 Å². The molecule has 29 heavy (non-hydrogen) atoms. The summed E-state index contributed by atoms with van der Waals surface area (Å²) in [6.45, 7) is 2.28. The zero-order valence-electron chi connectivity index (χ0n) is 19.0. The van der Waals surface area contributed by atoms with Gasteiger partial charge in [-0.2, -0.15) is 0 Å². The van der Waals surface area contributed by atoms with Gasteiger partial charge in [0.05, 0.1) is 11.5 Å². The Balaban J connectivity index is 1.82. The molecule has 0 N–H and O–H groups in total. The SMILES string of the molecule is CCCCCCCCCCCCCCCCCCCS(=O)(=O)Cc1ccccc1. The predicted octanol–water partition coefficient (Wildman–Crippen LogP) is 8.25. The summed E-state index contributed by atoms with van der Waals surface area (Å²) >= 11 is 0. The second kappa shape index (κ2) is 18.0. The lowest BCUT2D eigenvalue weighted by Crippen LogP contribution is -2.09. The van der Waals surface area contributed by atoms with E-state index in [0.717, 1.165) is 18.4 Å². The number of hydrogen-bond acceptors (Lipinski definition) is 2. The molecule has 0 spiro atoms. The molecule has 0 atom stereocenters. The van der Waals surface area contributed by atoms with Gasteiger partial charge in [-0.1, -0.05) is 140 Å². The fourth-order valence-corrected chi connectivity index (χ4v) is 5.44. The van der Waals surface area contributed by atoms with Gasteiger partial charge in [0, 0.05) is 0 Å². The molecule has 3 heteroatoms. The third-order valence-corrected chi connectivity index (χ3v) is 7.47. The maximum atomic E-state index is 12.2. The van der Waals surface area contributed by atoms with Crippen LogP contribution < -0.4 is 0 Å². The highest BCUT2D eigenvalue weighted by molar-refractivity contribution is 7.90. The fraction of sp³-hybridized carbons (Fsp3) is 0.769. The van der Waals surface area contributed by atoms with Gasteiger partial charge in [0.15, 0.2) is 9.84 Å². The molecular weight excluding hydrogens is 376 g/mol. The van der Waals surface area contributed by atoms with Crippen molar-refractivity contribution in [1.82, 2.24) is 0 Å². The zero-order valence-corrected chi connectivity index (χ0v) is 19.9. The zero-order chi connectivity index (χ0) is 21.0. The van der Waals surface area contributed by atoms with Gasteiger partial charge in [0.2, 0.25) is 0 Å². The minimum atomic E-state index is -2.96. The Bertz CT molecular complexity index is 566. The van der Waals surface area contributed by atoms with Crippen molar-refractivity contribution in [3.63, 3.8) is 0 Å². The van der Waals surface area contributed by atoms with Crippen LogP contribution in [0, 0.1) is 0 Å². The molecule has 168 valence electrons. The molecule has 2 nitrogen and oxygen atoms in total. The summed E-state index contributed by atoms with van der Waals surface area (Å²) in [6.07, 6.45) is 22.5. The highest BCUT2D eigenvalue weighted by Gasteiger charge is 2.11. The molecular formula is C26H46O2S. The number of benzene rings is 1. The molecule has 0 radical (unpaired) electrons. The third kappa shape index (κ3) is 16.6. The summed E-state index contributed by atoms with van der Waals surface area (Å²) in [4.78, 5) is 0. The lowest BCUT2D eigenvalue weighted by molar-refractivity contribution is 0.528. The largest absolute Gasteiger partial charge is 0.228 e. The van der Waals surface area contributed by atoms with Gasteiger partial charge in [-0.15, -0.1) is 0 Å². The molecule has 0 heterocycles. The molecule has 0 saturated heterocycles. The van der Waals surface area contributed by atoms with Gasteiger partial charge in [0.25, 0.3) is 0 Å². The molecule has 0 aliphatic carbocycles. The Labute approximate surface area is 181 Å². The van der Waals surface area contributed by atoms with Crippen LogP contribution in [0.4, 0.5) is 0 Å². The van der Waals surface area contributed by atoms with Gasteiger partial charge in [-0.25, -0.2) is 8.42 Å². The third-order valence-electron chi connectivity index (χ3n) is 5.79. The first-order chi connectivity index (χ1) is 14.1. The van der Waals surface area contributed by atoms with Crippen LogP contribution in [-0.2, 0) is 15.6 Å². The maximum Gasteiger partial charge on any atom is 0.154 e. The normalized spacial score (nSPS) is 11.8. The van der Waals surface area contributed by atoms with Gasteiger partial charge < -0.3 is 0 Å². The standard InChI is InChI=1S/C26H46O2S/c1-2-3-4-5-6-7-8-9-10-11-12-13-14-15-16-17-21-24-29(27,28)25-26-22-19-18-20-23-26/h18-20,22-23H,2-17,21,24-25H2,1H3. The van der Waals surface area contributed by atoms with E-state index < -0.39 is 9.84 Å². The van der Waals surface area contributed by atoms with Gasteiger partial charge in [-0.3, -0.25) is 0 Å². The maximum absolute atomic E-state index is 12.2. The average Bonchev–Trinajstić information content (AvgIpc) is 2.70. The molecule has 0 aromatic heterocycles. The van der Waals surface area contributed by atoms with Crippen molar-refractivity contribution < 1.29 is 8.42 Å². The first-order valence-electron chi connectivity index (χ1n) is 12.4. The molecule has 1 aromatic rings. The quantitative estimate of drug-likeness (QED) is 0.198. The summed E-state index contributed by atoms with van der Waals surface area (Å²) < 4.78 is 24.3. The highest BCUT2D eigenvalue weighted by atomic mass is 32.2. The smallest absolute Gasteiger partial charge is 0.154 e. The van der Waals surface area contributed by atoms with Crippen molar-refractivity contribution >= 4 is 9.84 Å². The lowest BCUT2D eigenvalue weighted by atomic mass is 10.0. The lowest BCUT2D eigenvalue weighted by Gasteiger charge is -2.05. The minimum Gasteiger partial charge on any atom is -0.228 e. The van der Waals surface area contributed by atoms with E-state index in [9.17, 15) is 8.42 Å². The van der Waals surface area contributed by atoms with Crippen molar-refractivity contribution in [3.8, 4) is 0 Å². The topological polar surface area (TPSA) is 34.1 Å². The number of unbranched alkanes of at least 4 members (excludes halogenated alkanes) is 16. The van der Waals surface area contributed by atoms with E-state index >= 15 is 0 Å². The molecule has 0 fully saturated rings. The number of sulfone groups is 1. The number of hydrogen-bond donors (Lipinski definition) is 0. The van der Waals surface area contributed by atoms with Crippen LogP contribution in [-0.4, -0.2) is 14.2 Å². The van der Waals surface area contributed by atoms with Crippen LogP contribution in [0.3, 0.4) is 0 Å². The van der Waals surface area contributed by atoms with E-state index in [0.29, 0.717) is 5.75 Å². The molecule has 0 aliphatic heterocycles. The van der Waals surface area contributed by atoms with Crippen LogP contribution in [0.15, 0.2) is 30.3 Å². The van der Waals surface area contributed by atoms with E-state index in [4.69, 9.17) is 0 Å². The average molecular weight is 423 g/mol. The van der Waals surface area contributed by atoms with E-state index in [2.05, 4.69) is 6.92 Å². The first-order valence-corrected chi connectivity index (χ1v) is 14.2. The van der Waals surface area contributed by atoms with Crippen LogP contribution in [0.2, 0.25) is 0 Å². The van der Waals surface area contributed by atoms with Crippen molar-refractivity contribution in [3.05, 3.63) is 35.9 Å². The van der Waals surface area contributed by atoms with Crippen LogP contribution in [0.5, 0.6) is 0 Å². The Kier molecular flexibility index (Phi) is 16.2. The molecule has 0 bridgehead atoms. The Morgan fingerprint density at radius 2 is 0.931 bits per heavy atom. The van der Waals surface area contributed by atoms with E-state index in [1.54, 1.807) is 0 Å². The van der Waals surface area contributed by atoms with Gasteiger partial charge >= 0.3 is 0 Å². The summed E-state index contributed by atoms with van der Waals surface area (Å²) in [5.74, 6) is 0.521. The summed E-state index contributed by atoms with van der Waals surface area (Å²) in [5.41, 5.74) is 0.902. The minimum absolute atomic E-state index is 0.187. The predicted molar refractivity (Wildman–Crippen MR) is 128 cm³/mol. The second-order valence-corrected chi connectivity index (χ2v) is 10.9. The van der Waals surface area contributed by atoms with E-state index in [1.165, 1.54) is 96.3 Å². The molecule has 1 aromatic carbocycles. The van der Waals surface area contributed by atoms with Crippen LogP contribution in [0.25, 0.3) is 0 Å².